The zero-order valence-corrected chi connectivity index (χ0v) is 26.3. The van der Waals surface area contributed by atoms with E-state index in [4.69, 9.17) is 8.53 Å². The van der Waals surface area contributed by atoms with Crippen molar-refractivity contribution in [3.63, 3.8) is 0 Å². The minimum absolute atomic E-state index is 0. The minimum Gasteiger partial charge on any atom is -0.476 e. The predicted molar refractivity (Wildman–Crippen MR) is 175 cm³/mol. The summed E-state index contributed by atoms with van der Waals surface area (Å²) in [5.41, 5.74) is 6.34. The van der Waals surface area contributed by atoms with Gasteiger partial charge in [0.05, 0.1) is 11.4 Å². The van der Waals surface area contributed by atoms with Crippen molar-refractivity contribution >= 4 is 21.9 Å². The van der Waals surface area contributed by atoms with Crippen LogP contribution in [0.5, 0.6) is 0 Å². The molecule has 0 saturated heterocycles. The normalized spacial score (nSPS) is 11.4. The van der Waals surface area contributed by atoms with E-state index >= 15 is 0 Å². The summed E-state index contributed by atoms with van der Waals surface area (Å²) >= 11 is 0. The quantitative estimate of drug-likeness (QED) is 0.168. The van der Waals surface area contributed by atoms with E-state index in [1.807, 2.05) is 121 Å². The third kappa shape index (κ3) is 8.01. The fourth-order valence-corrected chi connectivity index (χ4v) is 4.41. The van der Waals surface area contributed by atoms with Gasteiger partial charge in [-0.3, -0.25) is 9.97 Å². The Morgan fingerprint density at radius 3 is 1.73 bits per heavy atom. The first-order chi connectivity index (χ1) is 23.0. The molecule has 6 heteroatoms. The third-order valence-electron chi connectivity index (χ3n) is 6.50. The van der Waals surface area contributed by atoms with Gasteiger partial charge in [0.2, 0.25) is 0 Å². The number of fused-ring (bicyclic) bond motifs is 3. The van der Waals surface area contributed by atoms with Gasteiger partial charge in [0.15, 0.2) is 0 Å². The van der Waals surface area contributed by atoms with E-state index in [1.165, 1.54) is 12.4 Å². The molecule has 45 heavy (non-hydrogen) atoms. The summed E-state index contributed by atoms with van der Waals surface area (Å²) in [4.78, 5) is 16.7. The number of furan rings is 1. The Bertz CT molecular complexity index is 2010. The van der Waals surface area contributed by atoms with Crippen LogP contribution in [-0.2, 0) is 20.1 Å². The largest absolute Gasteiger partial charge is 3.00 e. The smallest absolute Gasteiger partial charge is 0.476 e. The van der Waals surface area contributed by atoms with Crippen molar-refractivity contribution in [3.05, 3.63) is 170 Å². The summed E-state index contributed by atoms with van der Waals surface area (Å²) in [5, 5.41) is 2.01. The Hall–Kier alpha value is -5.29. The van der Waals surface area contributed by atoms with Crippen molar-refractivity contribution in [3.8, 4) is 33.9 Å². The Kier molecular flexibility index (Phi) is 9.36. The number of rotatable bonds is 3. The molecule has 8 rings (SSSR count). The maximum Gasteiger partial charge on any atom is 3.00 e. The van der Waals surface area contributed by atoms with Gasteiger partial charge in [-0.05, 0) is 47.4 Å². The van der Waals surface area contributed by atoms with Crippen LogP contribution in [0.3, 0.4) is 0 Å². The van der Waals surface area contributed by atoms with E-state index in [0.29, 0.717) is 11.4 Å². The molecule has 0 unspecified atom stereocenters. The Morgan fingerprint density at radius 2 is 1.18 bits per heavy atom. The molecular weight excluding hydrogens is 733 g/mol. The molecule has 4 aromatic heterocycles. The zero-order valence-electron chi connectivity index (χ0n) is 26.9. The molecule has 0 fully saturated rings. The first-order valence-corrected chi connectivity index (χ1v) is 13.9. The maximum atomic E-state index is 7.35. The molecule has 0 saturated carbocycles. The number of para-hydroxylation sites is 1. The average Bonchev–Trinajstić information content (AvgIpc) is 3.51. The van der Waals surface area contributed by atoms with Crippen LogP contribution in [0.2, 0.25) is 0 Å². The van der Waals surface area contributed by atoms with E-state index in [0.717, 1.165) is 44.5 Å². The second-order valence-corrected chi connectivity index (χ2v) is 9.50. The summed E-state index contributed by atoms with van der Waals surface area (Å²) in [6.07, 6.45) is 6.23. The molecule has 0 N–H and O–H groups in total. The van der Waals surface area contributed by atoms with Crippen LogP contribution in [0.15, 0.2) is 151 Å². The molecule has 218 valence electrons. The fourth-order valence-electron chi connectivity index (χ4n) is 4.41. The standard InChI is InChI=1S/C17H11N2O.2C11H8N.Ir/c1-11-9-18-17(19-10-11)12-6-7-14-13-4-2-3-5-15(13)20-16(14)8-12;2*1-2-6-10(7-3-1)11-8-4-5-9-12-11;/h2-5,7-10H,1H3;2*1-6,8-9H;/q3*-1;+3/i1D3;;;. The summed E-state index contributed by atoms with van der Waals surface area (Å²) in [5.74, 6) is 0.417. The van der Waals surface area contributed by atoms with Crippen molar-refractivity contribution in [2.75, 3.05) is 0 Å². The first kappa shape index (κ1) is 27.3. The molecule has 0 aliphatic carbocycles. The van der Waals surface area contributed by atoms with Gasteiger partial charge in [-0.25, -0.2) is 0 Å². The summed E-state index contributed by atoms with van der Waals surface area (Å²) in [6, 6.07) is 48.2. The van der Waals surface area contributed by atoms with E-state index < -0.39 is 6.85 Å². The average molecular weight is 763 g/mol. The Balaban J connectivity index is 0.000000153. The molecule has 0 spiro atoms. The molecule has 5 nitrogen and oxygen atoms in total. The van der Waals surface area contributed by atoms with E-state index in [9.17, 15) is 0 Å². The number of aromatic nitrogens is 4. The van der Waals surface area contributed by atoms with Gasteiger partial charge in [-0.1, -0.05) is 53.9 Å². The first-order valence-electron chi connectivity index (χ1n) is 15.4. The van der Waals surface area contributed by atoms with Crippen molar-refractivity contribution in [2.24, 2.45) is 0 Å². The predicted octanol–water partition coefficient (Wildman–Crippen LogP) is 9.25. The molecule has 0 amide bonds. The summed E-state index contributed by atoms with van der Waals surface area (Å²) < 4.78 is 27.9. The van der Waals surface area contributed by atoms with Gasteiger partial charge in [0.1, 0.15) is 5.58 Å². The third-order valence-corrected chi connectivity index (χ3v) is 6.50. The van der Waals surface area contributed by atoms with Crippen LogP contribution >= 0.6 is 0 Å². The number of hydrogen-bond donors (Lipinski definition) is 0. The van der Waals surface area contributed by atoms with Crippen molar-refractivity contribution in [2.45, 2.75) is 6.85 Å². The second kappa shape index (κ2) is 15.4. The summed E-state index contributed by atoms with van der Waals surface area (Å²) in [7, 11) is 0. The van der Waals surface area contributed by atoms with Crippen LogP contribution in [-0.4, -0.2) is 19.9 Å². The van der Waals surface area contributed by atoms with Gasteiger partial charge < -0.3 is 14.4 Å². The fraction of sp³-hybridized carbons (Fsp3) is 0.0256. The molecule has 4 heterocycles. The van der Waals surface area contributed by atoms with Crippen LogP contribution < -0.4 is 0 Å². The number of hydrogen-bond acceptors (Lipinski definition) is 5. The van der Waals surface area contributed by atoms with Gasteiger partial charge in [-0.2, -0.15) is 0 Å². The van der Waals surface area contributed by atoms with Crippen molar-refractivity contribution in [1.82, 2.24) is 19.9 Å². The Morgan fingerprint density at radius 1 is 0.578 bits per heavy atom. The van der Waals surface area contributed by atoms with Crippen LogP contribution in [0.1, 0.15) is 9.68 Å². The summed E-state index contributed by atoms with van der Waals surface area (Å²) in [6.45, 7) is -2.20. The molecule has 0 bridgehead atoms. The van der Waals surface area contributed by atoms with Gasteiger partial charge >= 0.3 is 20.1 Å². The number of aryl methyl sites for hydroxylation is 1. The SMILES string of the molecule is [2H]C([2H])([2H])c1cnc(-c2[c-]cc3c(c2)oc2ccccc23)nc1.[Ir+3].[c-]1ccccc1-c1ccccn1.[c-]1ccccc1-c1ccccn1. The molecule has 0 aliphatic rings. The second-order valence-electron chi connectivity index (χ2n) is 9.50. The Labute approximate surface area is 280 Å². The van der Waals surface area contributed by atoms with Crippen LogP contribution in [0, 0.1) is 25.1 Å². The number of nitrogens with zero attached hydrogens (tertiary/aromatic N) is 4. The van der Waals surface area contributed by atoms with Gasteiger partial charge in [-0.15, -0.1) is 89.5 Å². The van der Waals surface area contributed by atoms with Crippen LogP contribution in [0.25, 0.3) is 55.8 Å². The zero-order chi connectivity index (χ0) is 32.5. The number of pyridine rings is 2. The molecule has 8 aromatic rings. The monoisotopic (exact) mass is 763 g/mol. The molecule has 0 atom stereocenters. The number of benzene rings is 4. The molecule has 0 radical (unpaired) electrons. The van der Waals surface area contributed by atoms with Crippen molar-refractivity contribution in [1.29, 1.82) is 0 Å². The molecular formula is C39H27IrN4O. The topological polar surface area (TPSA) is 64.7 Å². The van der Waals surface area contributed by atoms with E-state index in [1.54, 1.807) is 12.4 Å². The van der Waals surface area contributed by atoms with Gasteiger partial charge in [0.25, 0.3) is 0 Å². The van der Waals surface area contributed by atoms with Gasteiger partial charge in [0, 0.05) is 28.9 Å². The van der Waals surface area contributed by atoms with Crippen LogP contribution in [0.4, 0.5) is 0 Å². The minimum atomic E-state index is -2.20. The van der Waals surface area contributed by atoms with E-state index in [2.05, 4.69) is 38.1 Å². The van der Waals surface area contributed by atoms with Crippen molar-refractivity contribution < 1.29 is 28.6 Å². The molecule has 4 aromatic carbocycles. The molecule has 0 aliphatic heterocycles. The van der Waals surface area contributed by atoms with E-state index in [-0.39, 0.29) is 25.7 Å². The maximum absolute atomic E-state index is 7.35.